The minimum atomic E-state index is -0.777. The number of nitrogens with one attached hydrogen (secondary N) is 2. The molecule has 0 saturated heterocycles. The van der Waals surface area contributed by atoms with Gasteiger partial charge in [0, 0.05) is 11.6 Å². The Morgan fingerprint density at radius 1 is 1.38 bits per heavy atom. The number of amides is 1. The van der Waals surface area contributed by atoms with Crippen LogP contribution in [0.4, 0.5) is 10.1 Å². The van der Waals surface area contributed by atoms with Crippen LogP contribution in [0, 0.1) is 5.82 Å². The fourth-order valence-electron chi connectivity index (χ4n) is 2.66. The van der Waals surface area contributed by atoms with Gasteiger partial charge in [0.15, 0.2) is 6.10 Å². The second-order valence-corrected chi connectivity index (χ2v) is 6.13. The van der Waals surface area contributed by atoms with Crippen LogP contribution in [-0.4, -0.2) is 18.6 Å². The number of ether oxygens (including phenoxy) is 1. The summed E-state index contributed by atoms with van der Waals surface area (Å²) in [6.07, 6.45) is -0.167. The molecule has 0 radical (unpaired) electrons. The fourth-order valence-corrected chi connectivity index (χ4v) is 2.84. The summed E-state index contributed by atoms with van der Waals surface area (Å²) in [7, 11) is 0. The second-order valence-electron chi connectivity index (χ2n) is 5.70. The lowest BCUT2D eigenvalue weighted by atomic mass is 9.99. The molecule has 0 aliphatic carbocycles. The zero-order chi connectivity index (χ0) is 17.1. The molecule has 2 aromatic rings. The molecule has 0 aromatic heterocycles. The van der Waals surface area contributed by atoms with Gasteiger partial charge in [0.05, 0.1) is 5.69 Å². The van der Waals surface area contributed by atoms with Gasteiger partial charge in [-0.15, -0.1) is 0 Å². The van der Waals surface area contributed by atoms with E-state index in [1.165, 1.54) is 0 Å². The Morgan fingerprint density at radius 3 is 3.00 bits per heavy atom. The number of hydrogen-bond donors (Lipinski definition) is 2. The summed E-state index contributed by atoms with van der Waals surface area (Å²) in [5.74, 6) is -0.290. The maximum atomic E-state index is 14.6. The van der Waals surface area contributed by atoms with Gasteiger partial charge < -0.3 is 15.4 Å². The van der Waals surface area contributed by atoms with Crippen molar-refractivity contribution in [2.24, 2.45) is 0 Å². The molecule has 6 heteroatoms. The van der Waals surface area contributed by atoms with Crippen molar-refractivity contribution in [3.8, 4) is 5.75 Å². The molecule has 1 amide bonds. The number of fused-ring (bicyclic) bond motifs is 1. The van der Waals surface area contributed by atoms with Crippen molar-refractivity contribution in [3.63, 3.8) is 0 Å². The number of halogens is 2. The summed E-state index contributed by atoms with van der Waals surface area (Å²) in [6, 6.07) is 10.2. The number of hydrogen-bond acceptors (Lipinski definition) is 3. The summed E-state index contributed by atoms with van der Waals surface area (Å²) in [6.45, 7) is 2.99. The monoisotopic (exact) mass is 348 g/mol. The van der Waals surface area contributed by atoms with Crippen LogP contribution in [0.2, 0.25) is 5.02 Å². The van der Waals surface area contributed by atoms with Crippen molar-refractivity contribution in [3.05, 3.63) is 58.4 Å². The smallest absolute Gasteiger partial charge is 0.265 e. The summed E-state index contributed by atoms with van der Waals surface area (Å²) in [5, 5.41) is 6.32. The van der Waals surface area contributed by atoms with Crippen LogP contribution in [0.1, 0.15) is 18.1 Å². The number of benzene rings is 2. The van der Waals surface area contributed by atoms with Crippen molar-refractivity contribution in [2.45, 2.75) is 26.0 Å². The van der Waals surface area contributed by atoms with Crippen molar-refractivity contribution in [1.29, 1.82) is 0 Å². The highest BCUT2D eigenvalue weighted by Gasteiger charge is 2.20. The molecule has 1 unspecified atom stereocenters. The van der Waals surface area contributed by atoms with Crippen LogP contribution in [0.5, 0.6) is 5.75 Å². The van der Waals surface area contributed by atoms with Crippen LogP contribution in [0.3, 0.4) is 0 Å². The van der Waals surface area contributed by atoms with Gasteiger partial charge in [0.25, 0.3) is 5.91 Å². The molecule has 24 heavy (non-hydrogen) atoms. The van der Waals surface area contributed by atoms with Crippen molar-refractivity contribution >= 4 is 23.2 Å². The Kier molecular flexibility index (Phi) is 5.02. The zero-order valence-corrected chi connectivity index (χ0v) is 14.0. The molecule has 4 nitrogen and oxygen atoms in total. The molecule has 2 aromatic carbocycles. The maximum Gasteiger partial charge on any atom is 0.265 e. The predicted octanol–water partition coefficient (Wildman–Crippen LogP) is 3.53. The van der Waals surface area contributed by atoms with Crippen molar-refractivity contribution in [2.75, 3.05) is 11.9 Å². The van der Waals surface area contributed by atoms with Crippen LogP contribution in [-0.2, 0) is 17.8 Å². The lowest BCUT2D eigenvalue weighted by Gasteiger charge is -2.20. The first-order valence-corrected chi connectivity index (χ1v) is 8.16. The highest BCUT2D eigenvalue weighted by Crippen LogP contribution is 2.25. The van der Waals surface area contributed by atoms with E-state index in [9.17, 15) is 9.18 Å². The molecule has 3 rings (SSSR count). The van der Waals surface area contributed by atoms with Gasteiger partial charge in [0.1, 0.15) is 11.6 Å². The molecule has 0 spiro atoms. The molecule has 2 N–H and O–H groups in total. The fraction of sp³-hybridized carbons (Fsp3) is 0.278. The normalized spacial score (nSPS) is 14.6. The van der Waals surface area contributed by atoms with Gasteiger partial charge in [-0.1, -0.05) is 23.7 Å². The minimum Gasteiger partial charge on any atom is -0.481 e. The molecular weight excluding hydrogens is 331 g/mol. The molecule has 126 valence electrons. The first-order chi connectivity index (χ1) is 11.5. The molecule has 0 bridgehead atoms. The Bertz CT molecular complexity index is 767. The lowest BCUT2D eigenvalue weighted by molar-refractivity contribution is -0.122. The van der Waals surface area contributed by atoms with Crippen LogP contribution < -0.4 is 15.4 Å². The average molecular weight is 349 g/mol. The van der Waals surface area contributed by atoms with Crippen LogP contribution in [0.25, 0.3) is 0 Å². The van der Waals surface area contributed by atoms with Gasteiger partial charge in [-0.05, 0) is 55.3 Å². The van der Waals surface area contributed by atoms with E-state index in [0.717, 1.165) is 12.1 Å². The number of anilines is 1. The molecule has 1 aliphatic heterocycles. The van der Waals surface area contributed by atoms with E-state index in [-0.39, 0.29) is 11.5 Å². The molecule has 1 atom stereocenters. The Labute approximate surface area is 145 Å². The maximum absolute atomic E-state index is 14.6. The zero-order valence-electron chi connectivity index (χ0n) is 13.2. The van der Waals surface area contributed by atoms with Gasteiger partial charge in [-0.25, -0.2) is 4.39 Å². The summed E-state index contributed by atoms with van der Waals surface area (Å²) in [5.41, 5.74) is 1.78. The van der Waals surface area contributed by atoms with Crippen LogP contribution >= 0.6 is 11.6 Å². The Hall–Kier alpha value is -2.11. The third kappa shape index (κ3) is 3.68. The van der Waals surface area contributed by atoms with Gasteiger partial charge in [-0.2, -0.15) is 0 Å². The number of carbonyl (C=O) groups excluding carboxylic acids is 1. The van der Waals surface area contributed by atoms with E-state index in [1.807, 2.05) is 6.07 Å². The largest absolute Gasteiger partial charge is 0.481 e. The van der Waals surface area contributed by atoms with E-state index in [2.05, 4.69) is 10.6 Å². The van der Waals surface area contributed by atoms with E-state index < -0.39 is 12.0 Å². The van der Waals surface area contributed by atoms with E-state index in [0.29, 0.717) is 29.3 Å². The van der Waals surface area contributed by atoms with E-state index in [1.54, 1.807) is 37.3 Å². The van der Waals surface area contributed by atoms with Gasteiger partial charge in [-0.3, -0.25) is 4.79 Å². The van der Waals surface area contributed by atoms with E-state index in [4.69, 9.17) is 16.3 Å². The Morgan fingerprint density at radius 2 is 2.21 bits per heavy atom. The van der Waals surface area contributed by atoms with Crippen LogP contribution in [0.15, 0.2) is 36.4 Å². The summed E-state index contributed by atoms with van der Waals surface area (Å²) in [4.78, 5) is 12.3. The first-order valence-electron chi connectivity index (χ1n) is 7.78. The molecule has 0 fully saturated rings. The standard InChI is InChI=1S/C18H18ClFN2O2/c1-11(24-14-4-2-3-13(19)9-14)18(23)22-16-6-5-12-10-21-8-7-15(12)17(16)20/h2-6,9,11,21H,7-8,10H2,1H3,(H,22,23). The SMILES string of the molecule is CC(Oc1cccc(Cl)c1)C(=O)Nc1ccc2c(c1F)CCNC2. The van der Waals surface area contributed by atoms with Gasteiger partial charge in [0.2, 0.25) is 0 Å². The third-order valence-corrected chi connectivity index (χ3v) is 4.18. The first kappa shape index (κ1) is 16.7. The third-order valence-electron chi connectivity index (χ3n) is 3.94. The minimum absolute atomic E-state index is 0.183. The lowest BCUT2D eigenvalue weighted by Crippen LogP contribution is -2.31. The number of carbonyl (C=O) groups is 1. The summed E-state index contributed by atoms with van der Waals surface area (Å²) >= 11 is 5.89. The molecule has 1 aliphatic rings. The van der Waals surface area contributed by atoms with Crippen molar-refractivity contribution < 1.29 is 13.9 Å². The quantitative estimate of drug-likeness (QED) is 0.888. The topological polar surface area (TPSA) is 50.4 Å². The second kappa shape index (κ2) is 7.20. The molecule has 1 heterocycles. The highest BCUT2D eigenvalue weighted by molar-refractivity contribution is 6.30. The number of rotatable bonds is 4. The van der Waals surface area contributed by atoms with E-state index >= 15 is 0 Å². The Balaban J connectivity index is 1.70. The highest BCUT2D eigenvalue weighted by atomic mass is 35.5. The average Bonchev–Trinajstić information content (AvgIpc) is 2.57. The summed E-state index contributed by atoms with van der Waals surface area (Å²) < 4.78 is 20.1. The molecule has 0 saturated carbocycles. The predicted molar refractivity (Wildman–Crippen MR) is 92.0 cm³/mol. The van der Waals surface area contributed by atoms with Crippen molar-refractivity contribution in [1.82, 2.24) is 5.32 Å². The van der Waals surface area contributed by atoms with Gasteiger partial charge >= 0.3 is 0 Å². The molecular formula is C18H18ClFN2O2.